The van der Waals surface area contributed by atoms with Gasteiger partial charge in [0.05, 0.1) is 17.0 Å². The van der Waals surface area contributed by atoms with Crippen LogP contribution in [0.4, 0.5) is 5.95 Å². The van der Waals surface area contributed by atoms with Crippen LogP contribution in [0.15, 0.2) is 0 Å². The van der Waals surface area contributed by atoms with Gasteiger partial charge >= 0.3 is 0 Å². The molecule has 1 aromatic heterocycles. The van der Waals surface area contributed by atoms with E-state index in [0.717, 1.165) is 42.9 Å². The SMILES string of the molecule is Cc1nc(N2CCN(C=O)CC2)nc2c1C(=O)C[C@H](C)C2. The highest BCUT2D eigenvalue weighted by molar-refractivity contribution is 5.99. The van der Waals surface area contributed by atoms with Gasteiger partial charge in [-0.3, -0.25) is 9.59 Å². The fourth-order valence-electron chi connectivity index (χ4n) is 3.12. The molecule has 0 saturated carbocycles. The summed E-state index contributed by atoms with van der Waals surface area (Å²) in [5.41, 5.74) is 2.40. The minimum absolute atomic E-state index is 0.165. The second-order valence-electron chi connectivity index (χ2n) is 6.00. The Morgan fingerprint density at radius 2 is 1.86 bits per heavy atom. The van der Waals surface area contributed by atoms with Crippen LogP contribution in [0.1, 0.15) is 35.1 Å². The molecule has 21 heavy (non-hydrogen) atoms. The molecule has 1 aliphatic carbocycles. The van der Waals surface area contributed by atoms with Gasteiger partial charge in [0.15, 0.2) is 5.78 Å². The first kappa shape index (κ1) is 14.0. The van der Waals surface area contributed by atoms with Crippen LogP contribution in [-0.2, 0) is 11.2 Å². The summed E-state index contributed by atoms with van der Waals surface area (Å²) < 4.78 is 0. The van der Waals surface area contributed by atoms with E-state index in [1.807, 2.05) is 6.92 Å². The van der Waals surface area contributed by atoms with Gasteiger partial charge in [0, 0.05) is 32.6 Å². The molecule has 2 aliphatic rings. The molecule has 1 fully saturated rings. The van der Waals surface area contributed by atoms with Gasteiger partial charge in [0.1, 0.15) is 0 Å². The molecule has 112 valence electrons. The Hall–Kier alpha value is -1.98. The summed E-state index contributed by atoms with van der Waals surface area (Å²) in [6.45, 7) is 6.83. The van der Waals surface area contributed by atoms with Crippen LogP contribution < -0.4 is 4.90 Å². The average molecular weight is 288 g/mol. The number of aromatic nitrogens is 2. The molecule has 3 rings (SSSR count). The number of carbonyl (C=O) groups excluding carboxylic acids is 2. The molecule has 0 bridgehead atoms. The zero-order valence-electron chi connectivity index (χ0n) is 12.5. The molecule has 1 aromatic rings. The number of ketones is 1. The number of carbonyl (C=O) groups is 2. The van der Waals surface area contributed by atoms with Gasteiger partial charge < -0.3 is 9.80 Å². The number of amides is 1. The molecule has 1 atom stereocenters. The van der Waals surface area contributed by atoms with Crippen molar-refractivity contribution < 1.29 is 9.59 Å². The molecule has 0 radical (unpaired) electrons. The highest BCUT2D eigenvalue weighted by atomic mass is 16.1. The molecule has 0 aromatic carbocycles. The van der Waals surface area contributed by atoms with Crippen molar-refractivity contribution in [2.75, 3.05) is 31.1 Å². The molecular weight excluding hydrogens is 268 g/mol. The summed E-state index contributed by atoms with van der Waals surface area (Å²) in [6.07, 6.45) is 2.32. The molecule has 0 spiro atoms. The van der Waals surface area contributed by atoms with Gasteiger partial charge in [-0.25, -0.2) is 9.97 Å². The predicted octanol–water partition coefficient (Wildman–Crippen LogP) is 0.828. The smallest absolute Gasteiger partial charge is 0.225 e. The van der Waals surface area contributed by atoms with E-state index < -0.39 is 0 Å². The van der Waals surface area contributed by atoms with E-state index in [-0.39, 0.29) is 5.78 Å². The van der Waals surface area contributed by atoms with Crippen molar-refractivity contribution in [3.05, 3.63) is 17.0 Å². The Balaban J connectivity index is 1.88. The van der Waals surface area contributed by atoms with Crippen molar-refractivity contribution in [1.82, 2.24) is 14.9 Å². The summed E-state index contributed by atoms with van der Waals surface area (Å²) >= 11 is 0. The van der Waals surface area contributed by atoms with Crippen LogP contribution in [-0.4, -0.2) is 53.2 Å². The summed E-state index contributed by atoms with van der Waals surface area (Å²) in [7, 11) is 0. The third kappa shape index (κ3) is 2.62. The van der Waals surface area contributed by atoms with Gasteiger partial charge in [-0.2, -0.15) is 0 Å². The minimum Gasteiger partial charge on any atom is -0.342 e. The van der Waals surface area contributed by atoms with Crippen molar-refractivity contribution >= 4 is 18.1 Å². The lowest BCUT2D eigenvalue weighted by Crippen LogP contribution is -2.46. The van der Waals surface area contributed by atoms with E-state index in [4.69, 9.17) is 0 Å². The second-order valence-corrected chi connectivity index (χ2v) is 6.00. The Morgan fingerprint density at radius 1 is 1.14 bits per heavy atom. The van der Waals surface area contributed by atoms with Crippen LogP contribution in [0.5, 0.6) is 0 Å². The molecule has 6 nitrogen and oxygen atoms in total. The lowest BCUT2D eigenvalue weighted by atomic mass is 9.86. The molecule has 1 aliphatic heterocycles. The topological polar surface area (TPSA) is 66.4 Å². The highest BCUT2D eigenvalue weighted by Gasteiger charge is 2.28. The Morgan fingerprint density at radius 3 is 2.52 bits per heavy atom. The van der Waals surface area contributed by atoms with Crippen LogP contribution in [0, 0.1) is 12.8 Å². The molecule has 0 unspecified atom stereocenters. The Kier molecular flexibility index (Phi) is 3.61. The van der Waals surface area contributed by atoms with Crippen LogP contribution in [0.3, 0.4) is 0 Å². The Labute approximate surface area is 124 Å². The normalized spacial score (nSPS) is 22.2. The van der Waals surface area contributed by atoms with Crippen LogP contribution in [0.2, 0.25) is 0 Å². The Bertz CT molecular complexity index is 579. The number of fused-ring (bicyclic) bond motifs is 1. The third-order valence-electron chi connectivity index (χ3n) is 4.25. The highest BCUT2D eigenvalue weighted by Crippen LogP contribution is 2.27. The number of hydrogen-bond acceptors (Lipinski definition) is 5. The van der Waals surface area contributed by atoms with Crippen molar-refractivity contribution in [2.45, 2.75) is 26.7 Å². The number of rotatable bonds is 2. The predicted molar refractivity (Wildman–Crippen MR) is 78.4 cm³/mol. The van der Waals surface area contributed by atoms with Crippen molar-refractivity contribution in [3.63, 3.8) is 0 Å². The fraction of sp³-hybridized carbons (Fsp3) is 0.600. The number of hydrogen-bond donors (Lipinski definition) is 0. The fourth-order valence-corrected chi connectivity index (χ4v) is 3.12. The van der Waals surface area contributed by atoms with Gasteiger partial charge in [-0.1, -0.05) is 6.92 Å². The first-order valence-corrected chi connectivity index (χ1v) is 7.43. The van der Waals surface area contributed by atoms with Gasteiger partial charge in [-0.05, 0) is 19.3 Å². The molecule has 6 heteroatoms. The largest absolute Gasteiger partial charge is 0.342 e. The van der Waals surface area contributed by atoms with Gasteiger partial charge in [0.25, 0.3) is 0 Å². The second kappa shape index (κ2) is 5.42. The quantitative estimate of drug-likeness (QED) is 0.754. The monoisotopic (exact) mass is 288 g/mol. The number of anilines is 1. The van der Waals surface area contributed by atoms with E-state index in [9.17, 15) is 9.59 Å². The van der Waals surface area contributed by atoms with Crippen molar-refractivity contribution in [3.8, 4) is 0 Å². The summed E-state index contributed by atoms with van der Waals surface area (Å²) in [6, 6.07) is 0. The molecule has 1 saturated heterocycles. The lowest BCUT2D eigenvalue weighted by molar-refractivity contribution is -0.118. The number of aryl methyl sites for hydroxylation is 1. The standard InChI is InChI=1S/C15H20N4O2/c1-10-7-12-14(13(21)8-10)11(2)16-15(17-12)19-5-3-18(9-20)4-6-19/h9-10H,3-8H2,1-2H3/t10-/m1/s1. The van der Waals surface area contributed by atoms with E-state index in [1.54, 1.807) is 4.90 Å². The van der Waals surface area contributed by atoms with Crippen LogP contribution in [0.25, 0.3) is 0 Å². The van der Waals surface area contributed by atoms with Gasteiger partial charge in [0.2, 0.25) is 12.4 Å². The van der Waals surface area contributed by atoms with Crippen LogP contribution >= 0.6 is 0 Å². The van der Waals surface area contributed by atoms with E-state index >= 15 is 0 Å². The average Bonchev–Trinajstić information content (AvgIpc) is 2.46. The zero-order valence-corrected chi connectivity index (χ0v) is 12.5. The van der Waals surface area contributed by atoms with E-state index in [0.29, 0.717) is 31.4 Å². The van der Waals surface area contributed by atoms with Gasteiger partial charge in [-0.15, -0.1) is 0 Å². The van der Waals surface area contributed by atoms with E-state index in [1.165, 1.54) is 0 Å². The molecule has 2 heterocycles. The first-order chi connectivity index (χ1) is 10.1. The maximum Gasteiger partial charge on any atom is 0.225 e. The summed E-state index contributed by atoms with van der Waals surface area (Å²) in [5.74, 6) is 1.20. The zero-order chi connectivity index (χ0) is 15.0. The first-order valence-electron chi connectivity index (χ1n) is 7.43. The van der Waals surface area contributed by atoms with Crippen molar-refractivity contribution in [2.24, 2.45) is 5.92 Å². The maximum absolute atomic E-state index is 12.1. The summed E-state index contributed by atoms with van der Waals surface area (Å²) in [4.78, 5) is 35.9. The lowest BCUT2D eigenvalue weighted by Gasteiger charge is -2.33. The van der Waals surface area contributed by atoms with Crippen molar-refractivity contribution in [1.29, 1.82) is 0 Å². The number of nitrogens with zero attached hydrogens (tertiary/aromatic N) is 4. The summed E-state index contributed by atoms with van der Waals surface area (Å²) in [5, 5.41) is 0. The maximum atomic E-state index is 12.1. The molecule has 1 amide bonds. The molecule has 0 N–H and O–H groups in total. The molecular formula is C15H20N4O2. The minimum atomic E-state index is 0.165. The number of Topliss-reactive ketones (excluding diaryl/α,β-unsaturated/α-hetero) is 1. The van der Waals surface area contributed by atoms with E-state index in [2.05, 4.69) is 21.8 Å². The third-order valence-corrected chi connectivity index (χ3v) is 4.25. The number of piperazine rings is 1.